The van der Waals surface area contributed by atoms with Gasteiger partial charge < -0.3 is 16.4 Å². The molecule has 108 valence electrons. The van der Waals surface area contributed by atoms with E-state index in [1.54, 1.807) is 0 Å². The van der Waals surface area contributed by atoms with E-state index in [1.807, 2.05) is 24.3 Å². The lowest BCUT2D eigenvalue weighted by Crippen LogP contribution is -2.49. The van der Waals surface area contributed by atoms with Crippen LogP contribution in [0.2, 0.25) is 0 Å². The Morgan fingerprint density at radius 2 is 1.90 bits per heavy atom. The SMILES string of the molecule is CC(=O)Nc1ccc(CNC(=O)CC2(N)CCC2)cc1. The number of rotatable bonds is 5. The molecule has 0 spiro atoms. The topological polar surface area (TPSA) is 84.2 Å². The summed E-state index contributed by atoms with van der Waals surface area (Å²) in [6.45, 7) is 1.95. The summed E-state index contributed by atoms with van der Waals surface area (Å²) in [5.41, 5.74) is 7.50. The van der Waals surface area contributed by atoms with Gasteiger partial charge in [-0.2, -0.15) is 0 Å². The first-order valence-corrected chi connectivity index (χ1v) is 6.89. The minimum atomic E-state index is -0.278. The summed E-state index contributed by atoms with van der Waals surface area (Å²) >= 11 is 0. The molecule has 0 aliphatic heterocycles. The third-order valence-corrected chi connectivity index (χ3v) is 3.63. The zero-order valence-corrected chi connectivity index (χ0v) is 11.7. The third-order valence-electron chi connectivity index (χ3n) is 3.63. The van der Waals surface area contributed by atoms with E-state index in [0.29, 0.717) is 13.0 Å². The summed E-state index contributed by atoms with van der Waals surface area (Å²) in [5, 5.41) is 5.58. The van der Waals surface area contributed by atoms with E-state index in [4.69, 9.17) is 5.73 Å². The molecule has 0 atom stereocenters. The predicted octanol–water partition coefficient (Wildman–Crippen LogP) is 1.53. The standard InChI is InChI=1S/C15H21N3O2/c1-11(19)18-13-5-3-12(4-6-13)10-17-14(20)9-15(16)7-2-8-15/h3-6H,2,7-10,16H2,1H3,(H,17,20)(H,18,19). The third kappa shape index (κ3) is 4.06. The van der Waals surface area contributed by atoms with Crippen LogP contribution in [-0.2, 0) is 16.1 Å². The molecule has 0 unspecified atom stereocenters. The van der Waals surface area contributed by atoms with Crippen molar-refractivity contribution in [1.82, 2.24) is 5.32 Å². The fraction of sp³-hybridized carbons (Fsp3) is 0.467. The molecule has 5 heteroatoms. The van der Waals surface area contributed by atoms with Crippen LogP contribution in [0.4, 0.5) is 5.69 Å². The molecule has 0 saturated heterocycles. The normalized spacial score (nSPS) is 16.1. The van der Waals surface area contributed by atoms with Crippen molar-refractivity contribution in [2.24, 2.45) is 5.73 Å². The minimum Gasteiger partial charge on any atom is -0.352 e. The Bertz CT molecular complexity index is 492. The van der Waals surface area contributed by atoms with Crippen LogP contribution in [-0.4, -0.2) is 17.4 Å². The Morgan fingerprint density at radius 1 is 1.25 bits per heavy atom. The van der Waals surface area contributed by atoms with E-state index in [-0.39, 0.29) is 17.4 Å². The van der Waals surface area contributed by atoms with Crippen molar-refractivity contribution in [2.75, 3.05) is 5.32 Å². The maximum Gasteiger partial charge on any atom is 0.222 e. The molecular weight excluding hydrogens is 254 g/mol. The molecule has 4 N–H and O–H groups in total. The first-order valence-electron chi connectivity index (χ1n) is 6.89. The summed E-state index contributed by atoms with van der Waals surface area (Å²) in [5.74, 6) is -0.0991. The van der Waals surface area contributed by atoms with Crippen molar-refractivity contribution in [3.8, 4) is 0 Å². The van der Waals surface area contributed by atoms with E-state index in [0.717, 1.165) is 30.5 Å². The molecular formula is C15H21N3O2. The zero-order valence-electron chi connectivity index (χ0n) is 11.7. The van der Waals surface area contributed by atoms with Crippen LogP contribution < -0.4 is 16.4 Å². The maximum absolute atomic E-state index is 11.8. The number of nitrogens with two attached hydrogens (primary N) is 1. The van der Waals surface area contributed by atoms with E-state index >= 15 is 0 Å². The average Bonchev–Trinajstić information content (AvgIpc) is 2.35. The van der Waals surface area contributed by atoms with Gasteiger partial charge in [0.05, 0.1) is 0 Å². The van der Waals surface area contributed by atoms with Gasteiger partial charge in [0.1, 0.15) is 0 Å². The molecule has 1 aromatic carbocycles. The van der Waals surface area contributed by atoms with Crippen LogP contribution in [0.5, 0.6) is 0 Å². The van der Waals surface area contributed by atoms with Gasteiger partial charge in [0.15, 0.2) is 0 Å². The number of carbonyl (C=O) groups is 2. The van der Waals surface area contributed by atoms with Crippen LogP contribution in [0.3, 0.4) is 0 Å². The maximum atomic E-state index is 11.8. The number of anilines is 1. The van der Waals surface area contributed by atoms with Crippen LogP contribution in [0.25, 0.3) is 0 Å². The lowest BCUT2D eigenvalue weighted by molar-refractivity contribution is -0.123. The Balaban J connectivity index is 1.78. The molecule has 1 aromatic rings. The molecule has 1 aliphatic carbocycles. The Morgan fingerprint density at radius 3 is 2.40 bits per heavy atom. The van der Waals surface area contributed by atoms with Gasteiger partial charge in [-0.05, 0) is 37.0 Å². The van der Waals surface area contributed by atoms with Gasteiger partial charge in [0.2, 0.25) is 11.8 Å². The second kappa shape index (κ2) is 6.05. The highest BCUT2D eigenvalue weighted by Gasteiger charge is 2.34. The van der Waals surface area contributed by atoms with Gasteiger partial charge in [0, 0.05) is 31.1 Å². The van der Waals surface area contributed by atoms with Crippen molar-refractivity contribution < 1.29 is 9.59 Å². The summed E-state index contributed by atoms with van der Waals surface area (Å²) in [4.78, 5) is 22.7. The Hall–Kier alpha value is -1.88. The Labute approximate surface area is 118 Å². The fourth-order valence-electron chi connectivity index (χ4n) is 2.30. The molecule has 2 rings (SSSR count). The molecule has 1 fully saturated rings. The molecule has 1 aliphatic rings. The van der Waals surface area contributed by atoms with Crippen molar-refractivity contribution >= 4 is 17.5 Å². The first-order chi connectivity index (χ1) is 9.47. The van der Waals surface area contributed by atoms with E-state index in [1.165, 1.54) is 6.92 Å². The largest absolute Gasteiger partial charge is 0.352 e. The lowest BCUT2D eigenvalue weighted by atomic mass is 9.75. The highest BCUT2D eigenvalue weighted by atomic mass is 16.2. The number of amides is 2. The van der Waals surface area contributed by atoms with E-state index < -0.39 is 0 Å². The number of benzene rings is 1. The number of hydrogen-bond acceptors (Lipinski definition) is 3. The molecule has 0 radical (unpaired) electrons. The first kappa shape index (κ1) is 14.5. The highest BCUT2D eigenvalue weighted by Crippen LogP contribution is 2.31. The fourth-order valence-corrected chi connectivity index (χ4v) is 2.30. The molecule has 5 nitrogen and oxygen atoms in total. The number of carbonyl (C=O) groups excluding carboxylic acids is 2. The van der Waals surface area contributed by atoms with E-state index in [2.05, 4.69) is 10.6 Å². The van der Waals surface area contributed by atoms with Gasteiger partial charge in [0.25, 0.3) is 0 Å². The molecule has 1 saturated carbocycles. The van der Waals surface area contributed by atoms with E-state index in [9.17, 15) is 9.59 Å². The smallest absolute Gasteiger partial charge is 0.222 e. The predicted molar refractivity (Wildman–Crippen MR) is 78.0 cm³/mol. The zero-order chi connectivity index (χ0) is 14.6. The summed E-state index contributed by atoms with van der Waals surface area (Å²) in [6, 6.07) is 7.40. The van der Waals surface area contributed by atoms with Gasteiger partial charge >= 0.3 is 0 Å². The number of nitrogens with one attached hydrogen (secondary N) is 2. The number of hydrogen-bond donors (Lipinski definition) is 3. The molecule has 0 aromatic heterocycles. The monoisotopic (exact) mass is 275 g/mol. The summed E-state index contributed by atoms with van der Waals surface area (Å²) in [7, 11) is 0. The quantitative estimate of drug-likeness (QED) is 0.762. The van der Waals surface area contributed by atoms with Gasteiger partial charge in [-0.3, -0.25) is 9.59 Å². The van der Waals surface area contributed by atoms with Crippen LogP contribution in [0, 0.1) is 0 Å². The van der Waals surface area contributed by atoms with Crippen LogP contribution in [0.15, 0.2) is 24.3 Å². The molecule has 2 amide bonds. The van der Waals surface area contributed by atoms with Crippen molar-refractivity contribution in [3.05, 3.63) is 29.8 Å². The summed E-state index contributed by atoms with van der Waals surface area (Å²) < 4.78 is 0. The summed E-state index contributed by atoms with van der Waals surface area (Å²) in [6.07, 6.45) is 3.39. The average molecular weight is 275 g/mol. The van der Waals surface area contributed by atoms with Crippen molar-refractivity contribution in [1.29, 1.82) is 0 Å². The van der Waals surface area contributed by atoms with Crippen molar-refractivity contribution in [3.63, 3.8) is 0 Å². The van der Waals surface area contributed by atoms with Crippen LogP contribution in [0.1, 0.15) is 38.2 Å². The second-order valence-electron chi connectivity index (χ2n) is 5.55. The minimum absolute atomic E-state index is 0.00172. The molecule has 20 heavy (non-hydrogen) atoms. The van der Waals surface area contributed by atoms with Gasteiger partial charge in [-0.1, -0.05) is 12.1 Å². The molecule has 0 bridgehead atoms. The van der Waals surface area contributed by atoms with Crippen molar-refractivity contribution in [2.45, 2.75) is 44.7 Å². The molecule has 0 heterocycles. The lowest BCUT2D eigenvalue weighted by Gasteiger charge is -2.37. The van der Waals surface area contributed by atoms with Gasteiger partial charge in [-0.15, -0.1) is 0 Å². The second-order valence-corrected chi connectivity index (χ2v) is 5.55. The highest BCUT2D eigenvalue weighted by molar-refractivity contribution is 5.88. The van der Waals surface area contributed by atoms with Crippen LogP contribution >= 0.6 is 0 Å². The van der Waals surface area contributed by atoms with Gasteiger partial charge in [-0.25, -0.2) is 0 Å². The Kier molecular flexibility index (Phi) is 4.39.